The van der Waals surface area contributed by atoms with Crippen molar-refractivity contribution in [3.8, 4) is 0 Å². The molecule has 0 aliphatic carbocycles. The van der Waals surface area contributed by atoms with Crippen LogP contribution in [0.4, 0.5) is 0 Å². The third-order valence-electron chi connectivity index (χ3n) is 5.36. The van der Waals surface area contributed by atoms with Crippen LogP contribution in [-0.2, 0) is 14.2 Å². The Hall–Kier alpha value is -0.200. The van der Waals surface area contributed by atoms with Crippen LogP contribution >= 0.6 is 0 Å². The van der Waals surface area contributed by atoms with Crippen LogP contribution in [0.1, 0.15) is 39.0 Å². The van der Waals surface area contributed by atoms with Crippen LogP contribution in [0, 0.1) is 0 Å². The molecule has 0 saturated carbocycles. The minimum Gasteiger partial charge on any atom is -0.385 e. The molecule has 1 aliphatic heterocycles. The van der Waals surface area contributed by atoms with E-state index in [1.54, 1.807) is 21.3 Å². The average molecular weight is 331 g/mol. The molecule has 5 nitrogen and oxygen atoms in total. The molecule has 0 radical (unpaired) electrons. The molecule has 0 bridgehead atoms. The summed E-state index contributed by atoms with van der Waals surface area (Å²) in [4.78, 5) is 5.20. The van der Waals surface area contributed by atoms with Crippen molar-refractivity contribution >= 4 is 0 Å². The molecule has 1 heterocycles. The number of ether oxygens (including phenoxy) is 3. The van der Waals surface area contributed by atoms with Crippen LogP contribution in [0.5, 0.6) is 0 Å². The first-order valence-corrected chi connectivity index (χ1v) is 9.08. The fourth-order valence-electron chi connectivity index (χ4n) is 4.09. The van der Waals surface area contributed by atoms with Gasteiger partial charge in [0.2, 0.25) is 0 Å². The average Bonchev–Trinajstić information content (AvgIpc) is 3.02. The first kappa shape index (κ1) is 20.8. The van der Waals surface area contributed by atoms with E-state index in [1.165, 1.54) is 32.4 Å². The molecule has 23 heavy (non-hydrogen) atoms. The quantitative estimate of drug-likeness (QED) is 0.517. The van der Waals surface area contributed by atoms with Gasteiger partial charge in [0.05, 0.1) is 6.61 Å². The van der Waals surface area contributed by atoms with E-state index in [-0.39, 0.29) is 5.54 Å². The van der Waals surface area contributed by atoms with Crippen molar-refractivity contribution in [2.24, 2.45) is 0 Å². The van der Waals surface area contributed by atoms with E-state index in [0.717, 1.165) is 39.2 Å². The molecule has 1 unspecified atom stereocenters. The number of hydrogen-bond donors (Lipinski definition) is 0. The fraction of sp³-hybridized carbons (Fsp3) is 1.00. The van der Waals surface area contributed by atoms with Crippen LogP contribution < -0.4 is 0 Å². The van der Waals surface area contributed by atoms with E-state index in [4.69, 9.17) is 14.2 Å². The van der Waals surface area contributed by atoms with Gasteiger partial charge in [0.25, 0.3) is 0 Å². The first-order chi connectivity index (χ1) is 11.2. The molecule has 5 heteroatoms. The zero-order valence-corrected chi connectivity index (χ0v) is 16.0. The molecule has 0 amide bonds. The molecule has 0 aromatic heterocycles. The van der Waals surface area contributed by atoms with Gasteiger partial charge < -0.3 is 14.2 Å². The van der Waals surface area contributed by atoms with E-state index in [2.05, 4.69) is 23.8 Å². The lowest BCUT2D eigenvalue weighted by Crippen LogP contribution is -2.61. The zero-order chi connectivity index (χ0) is 17.1. The molecule has 0 aromatic rings. The third-order valence-corrected chi connectivity index (χ3v) is 5.36. The lowest BCUT2D eigenvalue weighted by molar-refractivity contribution is -0.0259. The Morgan fingerprint density at radius 1 is 1.04 bits per heavy atom. The normalized spacial score (nSPS) is 19.8. The predicted octanol–water partition coefficient (Wildman–Crippen LogP) is 2.25. The number of likely N-dealkylation sites (tertiary alicyclic amines) is 1. The van der Waals surface area contributed by atoms with Gasteiger partial charge in [-0.05, 0) is 52.2 Å². The predicted molar refractivity (Wildman–Crippen MR) is 95.1 cm³/mol. The van der Waals surface area contributed by atoms with E-state index < -0.39 is 0 Å². The van der Waals surface area contributed by atoms with E-state index in [0.29, 0.717) is 6.04 Å². The van der Waals surface area contributed by atoms with E-state index in [9.17, 15) is 0 Å². The molecule has 138 valence electrons. The topological polar surface area (TPSA) is 34.2 Å². The first-order valence-electron chi connectivity index (χ1n) is 9.08. The summed E-state index contributed by atoms with van der Waals surface area (Å²) < 4.78 is 16.3. The summed E-state index contributed by atoms with van der Waals surface area (Å²) in [5.41, 5.74) is 0.0935. The van der Waals surface area contributed by atoms with Crippen LogP contribution in [0.15, 0.2) is 0 Å². The monoisotopic (exact) mass is 330 g/mol. The Morgan fingerprint density at radius 2 is 1.65 bits per heavy atom. The molecule has 1 saturated heterocycles. The van der Waals surface area contributed by atoms with Gasteiger partial charge in [-0.3, -0.25) is 9.80 Å². The molecular formula is C18H38N2O3. The standard InChI is InChI=1S/C18H38N2O3/c1-6-11-20-12-7-8-17(20)18(9-14-21-3,10-15-22-4)19(2)13-16-23-5/h17H,6-16H2,1-5H3. The van der Waals surface area contributed by atoms with E-state index in [1.807, 2.05) is 0 Å². The van der Waals surface area contributed by atoms with Crippen molar-refractivity contribution in [1.82, 2.24) is 9.80 Å². The number of nitrogens with zero attached hydrogens (tertiary/aromatic N) is 2. The summed E-state index contributed by atoms with van der Waals surface area (Å²) in [7, 11) is 7.62. The zero-order valence-electron chi connectivity index (χ0n) is 16.0. The summed E-state index contributed by atoms with van der Waals surface area (Å²) in [5.74, 6) is 0. The van der Waals surface area contributed by atoms with Crippen molar-refractivity contribution in [2.45, 2.75) is 50.6 Å². The molecule has 0 aromatic carbocycles. The number of rotatable bonds is 13. The Bertz CT molecular complexity index is 294. The number of likely N-dealkylation sites (N-methyl/N-ethyl adjacent to an activating group) is 1. The van der Waals surface area contributed by atoms with Crippen molar-refractivity contribution in [1.29, 1.82) is 0 Å². The maximum atomic E-state index is 5.47. The van der Waals surface area contributed by atoms with Crippen LogP contribution in [0.25, 0.3) is 0 Å². The van der Waals surface area contributed by atoms with Crippen LogP contribution in [0.3, 0.4) is 0 Å². The largest absolute Gasteiger partial charge is 0.385 e. The fourth-order valence-corrected chi connectivity index (χ4v) is 4.09. The second-order valence-corrected chi connectivity index (χ2v) is 6.70. The van der Waals surface area contributed by atoms with Gasteiger partial charge in [0.1, 0.15) is 0 Å². The Kier molecular flexibility index (Phi) is 10.3. The van der Waals surface area contributed by atoms with Crippen molar-refractivity contribution in [2.75, 3.05) is 67.8 Å². The van der Waals surface area contributed by atoms with Gasteiger partial charge in [0.15, 0.2) is 0 Å². The second-order valence-electron chi connectivity index (χ2n) is 6.70. The third kappa shape index (κ3) is 5.68. The maximum Gasteiger partial charge on any atom is 0.0589 e. The van der Waals surface area contributed by atoms with E-state index >= 15 is 0 Å². The maximum absolute atomic E-state index is 5.47. The Labute approximate surface area is 143 Å². The highest BCUT2D eigenvalue weighted by molar-refractivity contribution is 5.03. The van der Waals surface area contributed by atoms with Crippen LogP contribution in [-0.4, -0.2) is 89.2 Å². The van der Waals surface area contributed by atoms with Gasteiger partial charge in [-0.15, -0.1) is 0 Å². The summed E-state index contributed by atoms with van der Waals surface area (Å²) >= 11 is 0. The van der Waals surface area contributed by atoms with Gasteiger partial charge in [-0.2, -0.15) is 0 Å². The molecular weight excluding hydrogens is 292 g/mol. The number of hydrogen-bond acceptors (Lipinski definition) is 5. The summed E-state index contributed by atoms with van der Waals surface area (Å²) in [6, 6.07) is 0.578. The summed E-state index contributed by atoms with van der Waals surface area (Å²) in [6.45, 7) is 7.97. The molecule has 1 fully saturated rings. The number of methoxy groups -OCH3 is 3. The van der Waals surface area contributed by atoms with Crippen molar-refractivity contribution in [3.05, 3.63) is 0 Å². The second kappa shape index (κ2) is 11.4. The van der Waals surface area contributed by atoms with Crippen molar-refractivity contribution in [3.63, 3.8) is 0 Å². The SMILES string of the molecule is CCCN1CCCC1C(CCOC)(CCOC)N(C)CCOC. The summed E-state index contributed by atoms with van der Waals surface area (Å²) in [6.07, 6.45) is 5.86. The molecule has 0 spiro atoms. The highest BCUT2D eigenvalue weighted by Gasteiger charge is 2.45. The van der Waals surface area contributed by atoms with Gasteiger partial charge >= 0.3 is 0 Å². The lowest BCUT2D eigenvalue weighted by Gasteiger charge is -2.49. The molecule has 1 rings (SSSR count). The summed E-state index contributed by atoms with van der Waals surface area (Å²) in [5, 5.41) is 0. The Balaban J connectivity index is 3.01. The van der Waals surface area contributed by atoms with Gasteiger partial charge in [-0.1, -0.05) is 6.92 Å². The molecule has 1 atom stereocenters. The lowest BCUT2D eigenvalue weighted by atomic mass is 9.80. The Morgan fingerprint density at radius 3 is 2.17 bits per heavy atom. The molecule has 1 aliphatic rings. The smallest absolute Gasteiger partial charge is 0.0589 e. The van der Waals surface area contributed by atoms with Gasteiger partial charge in [-0.25, -0.2) is 0 Å². The minimum atomic E-state index is 0.0935. The van der Waals surface area contributed by atoms with Crippen LogP contribution in [0.2, 0.25) is 0 Å². The minimum absolute atomic E-state index is 0.0935. The molecule has 0 N–H and O–H groups in total. The highest BCUT2D eigenvalue weighted by Crippen LogP contribution is 2.36. The van der Waals surface area contributed by atoms with Gasteiger partial charge in [0, 0.05) is 52.7 Å². The van der Waals surface area contributed by atoms with Crippen molar-refractivity contribution < 1.29 is 14.2 Å². The highest BCUT2D eigenvalue weighted by atomic mass is 16.5.